The minimum Gasteiger partial charge on any atom is -0.490 e. The number of carbonyl (C=O) groups excluding carboxylic acids is 1. The first-order valence-electron chi connectivity index (χ1n) is 10.2. The van der Waals surface area contributed by atoms with Crippen molar-refractivity contribution in [2.45, 2.75) is 13.5 Å². The maximum Gasteiger partial charge on any atom is 0.282 e. The number of hydrogen-bond donors (Lipinski definition) is 1. The van der Waals surface area contributed by atoms with Crippen molar-refractivity contribution >= 4 is 46.1 Å². The predicted octanol–water partition coefficient (Wildman–Crippen LogP) is 4.85. The molecule has 180 valence electrons. The number of amides is 1. The summed E-state index contributed by atoms with van der Waals surface area (Å²) in [5.41, 5.74) is 3.22. The molecule has 0 heterocycles. The van der Waals surface area contributed by atoms with Crippen LogP contribution in [0.3, 0.4) is 0 Å². The average Bonchev–Trinajstić information content (AvgIpc) is 2.84. The maximum absolute atomic E-state index is 12.3. The highest BCUT2D eigenvalue weighted by Crippen LogP contribution is 2.34. The number of hydrogen-bond acceptors (Lipinski definition) is 8. The zero-order valence-corrected chi connectivity index (χ0v) is 20.5. The Morgan fingerprint density at radius 2 is 1.77 bits per heavy atom. The Balaban J connectivity index is 1.73. The lowest BCUT2D eigenvalue weighted by Crippen LogP contribution is -2.19. The van der Waals surface area contributed by atoms with Crippen LogP contribution in [-0.4, -0.2) is 28.6 Å². The Hall–Kier alpha value is -4.07. The summed E-state index contributed by atoms with van der Waals surface area (Å²) in [6.07, 6.45) is 1.39. The quantitative estimate of drug-likeness (QED) is 0.154. The van der Waals surface area contributed by atoms with Crippen molar-refractivity contribution in [2.24, 2.45) is 5.10 Å². The van der Waals surface area contributed by atoms with Gasteiger partial charge in [-0.15, -0.1) is 0 Å². The summed E-state index contributed by atoms with van der Waals surface area (Å²) in [5, 5.41) is 25.8. The van der Waals surface area contributed by atoms with Crippen LogP contribution in [0.2, 0.25) is 0 Å². The van der Waals surface area contributed by atoms with Gasteiger partial charge in [-0.2, -0.15) is 5.10 Å². The summed E-state index contributed by atoms with van der Waals surface area (Å²) in [7, 11) is 0. The Bertz CT molecular complexity index is 1280. The number of nitrogens with zero attached hydrogens (tertiary/aromatic N) is 3. The van der Waals surface area contributed by atoms with Gasteiger partial charge < -0.3 is 9.47 Å². The molecule has 35 heavy (non-hydrogen) atoms. The summed E-state index contributed by atoms with van der Waals surface area (Å²) in [6.45, 7) is 2.37. The second-order valence-corrected chi connectivity index (χ2v) is 8.11. The fraction of sp³-hybridized carbons (Fsp3) is 0.130. The number of para-hydroxylation sites is 1. The molecule has 12 heteroatoms. The van der Waals surface area contributed by atoms with Gasteiger partial charge in [-0.05, 0) is 71.0 Å². The molecular weight excluding hydrogens is 571 g/mol. The molecule has 0 bridgehead atoms. The Kier molecular flexibility index (Phi) is 8.67. The number of nitro groups is 2. The van der Waals surface area contributed by atoms with E-state index in [1.54, 1.807) is 24.3 Å². The molecule has 11 nitrogen and oxygen atoms in total. The highest BCUT2D eigenvalue weighted by molar-refractivity contribution is 14.1. The summed E-state index contributed by atoms with van der Waals surface area (Å²) in [5.74, 6) is 0.232. The number of ether oxygens (including phenoxy) is 2. The van der Waals surface area contributed by atoms with E-state index in [0.717, 1.165) is 5.56 Å². The Labute approximate surface area is 213 Å². The number of nitro benzene ring substituents is 2. The van der Waals surface area contributed by atoms with E-state index in [0.29, 0.717) is 27.2 Å². The van der Waals surface area contributed by atoms with Gasteiger partial charge in [-0.1, -0.05) is 12.1 Å². The monoisotopic (exact) mass is 590 g/mol. The van der Waals surface area contributed by atoms with Gasteiger partial charge in [0.05, 0.1) is 26.2 Å². The highest BCUT2D eigenvalue weighted by atomic mass is 127. The van der Waals surface area contributed by atoms with Gasteiger partial charge in [-0.25, -0.2) is 5.43 Å². The third-order valence-electron chi connectivity index (χ3n) is 4.59. The number of nitrogens with one attached hydrogen (secondary N) is 1. The van der Waals surface area contributed by atoms with Crippen LogP contribution in [-0.2, 0) is 6.61 Å². The molecule has 0 unspecified atom stereocenters. The number of hydrazone groups is 1. The molecule has 0 saturated carbocycles. The van der Waals surface area contributed by atoms with Crippen LogP contribution < -0.4 is 14.9 Å². The second-order valence-electron chi connectivity index (χ2n) is 6.95. The van der Waals surface area contributed by atoms with Crippen LogP contribution in [0.5, 0.6) is 11.5 Å². The lowest BCUT2D eigenvalue weighted by molar-refractivity contribution is -0.385. The van der Waals surface area contributed by atoms with Crippen LogP contribution in [0.15, 0.2) is 65.8 Å². The molecule has 0 aliphatic heterocycles. The molecule has 1 amide bonds. The van der Waals surface area contributed by atoms with Crippen molar-refractivity contribution in [3.05, 3.63) is 101 Å². The van der Waals surface area contributed by atoms with Gasteiger partial charge in [0.1, 0.15) is 12.2 Å². The fourth-order valence-corrected chi connectivity index (χ4v) is 3.77. The second kappa shape index (κ2) is 11.9. The van der Waals surface area contributed by atoms with Crippen molar-refractivity contribution in [3.8, 4) is 11.5 Å². The third kappa shape index (κ3) is 6.72. The normalized spacial score (nSPS) is 10.7. The van der Waals surface area contributed by atoms with E-state index in [9.17, 15) is 25.0 Å². The molecule has 0 aliphatic rings. The first-order valence-corrected chi connectivity index (χ1v) is 11.3. The van der Waals surface area contributed by atoms with Gasteiger partial charge >= 0.3 is 0 Å². The number of rotatable bonds is 10. The number of non-ortho nitro benzene ring substituents is 1. The molecule has 0 radical (unpaired) electrons. The Morgan fingerprint density at radius 1 is 1.06 bits per heavy atom. The molecule has 0 atom stereocenters. The molecule has 3 aromatic rings. The van der Waals surface area contributed by atoms with Crippen molar-refractivity contribution in [3.63, 3.8) is 0 Å². The van der Waals surface area contributed by atoms with Gasteiger partial charge in [0.15, 0.2) is 11.5 Å². The van der Waals surface area contributed by atoms with Crippen molar-refractivity contribution in [1.82, 2.24) is 5.43 Å². The summed E-state index contributed by atoms with van der Waals surface area (Å²) in [4.78, 5) is 33.1. The number of benzene rings is 3. The smallest absolute Gasteiger partial charge is 0.282 e. The average molecular weight is 590 g/mol. The zero-order valence-electron chi connectivity index (χ0n) is 18.3. The van der Waals surface area contributed by atoms with E-state index in [4.69, 9.17) is 9.47 Å². The van der Waals surface area contributed by atoms with Crippen molar-refractivity contribution < 1.29 is 24.1 Å². The van der Waals surface area contributed by atoms with Gasteiger partial charge in [0, 0.05) is 18.2 Å². The van der Waals surface area contributed by atoms with Crippen LogP contribution in [0.25, 0.3) is 0 Å². The molecule has 3 aromatic carbocycles. The van der Waals surface area contributed by atoms with Crippen LogP contribution >= 0.6 is 22.6 Å². The standard InChI is InChI=1S/C23H19IN4O7/c1-2-34-21-12-16(13-25-26-23(29)18-5-3-4-6-20(18)28(32)33)11-19(24)22(21)35-14-15-7-9-17(10-8-15)27(30)31/h3-13H,2,14H2,1H3,(H,26,29)/b25-13-. The van der Waals surface area contributed by atoms with Gasteiger partial charge in [0.2, 0.25) is 0 Å². The molecular formula is C23H19IN4O7. The van der Waals surface area contributed by atoms with Gasteiger partial charge in [-0.3, -0.25) is 25.0 Å². The van der Waals surface area contributed by atoms with Crippen molar-refractivity contribution in [1.29, 1.82) is 0 Å². The van der Waals surface area contributed by atoms with E-state index in [-0.39, 0.29) is 23.5 Å². The van der Waals surface area contributed by atoms with Crippen LogP contribution in [0.4, 0.5) is 11.4 Å². The maximum atomic E-state index is 12.3. The summed E-state index contributed by atoms with van der Waals surface area (Å²) in [6, 6.07) is 15.1. The molecule has 0 saturated heterocycles. The molecule has 0 aliphatic carbocycles. The lowest BCUT2D eigenvalue weighted by atomic mass is 10.2. The number of halogens is 1. The number of carbonyl (C=O) groups is 1. The van der Waals surface area contributed by atoms with E-state index in [1.165, 1.54) is 42.6 Å². The molecule has 0 spiro atoms. The first-order chi connectivity index (χ1) is 16.8. The van der Waals surface area contributed by atoms with Crippen molar-refractivity contribution in [2.75, 3.05) is 6.61 Å². The largest absolute Gasteiger partial charge is 0.490 e. The van der Waals surface area contributed by atoms with E-state index >= 15 is 0 Å². The topological polar surface area (TPSA) is 146 Å². The lowest BCUT2D eigenvalue weighted by Gasteiger charge is -2.14. The first kappa shape index (κ1) is 25.6. The molecule has 0 fully saturated rings. The van der Waals surface area contributed by atoms with Gasteiger partial charge in [0.25, 0.3) is 17.3 Å². The minimum atomic E-state index is -0.712. The van der Waals surface area contributed by atoms with Crippen LogP contribution in [0.1, 0.15) is 28.4 Å². The van der Waals surface area contributed by atoms with E-state index < -0.39 is 15.8 Å². The fourth-order valence-electron chi connectivity index (χ4n) is 2.99. The van der Waals surface area contributed by atoms with E-state index in [2.05, 4.69) is 33.1 Å². The summed E-state index contributed by atoms with van der Waals surface area (Å²) < 4.78 is 12.3. The Morgan fingerprint density at radius 3 is 2.43 bits per heavy atom. The minimum absolute atomic E-state index is 0.00376. The predicted molar refractivity (Wildman–Crippen MR) is 136 cm³/mol. The van der Waals surface area contributed by atoms with Crippen LogP contribution in [0, 0.1) is 23.8 Å². The third-order valence-corrected chi connectivity index (χ3v) is 5.39. The summed E-state index contributed by atoms with van der Waals surface area (Å²) >= 11 is 2.08. The molecule has 3 rings (SSSR count). The SMILES string of the molecule is CCOc1cc(/C=N\NC(=O)c2ccccc2[N+](=O)[O-])cc(I)c1OCc1ccc([N+](=O)[O-])cc1. The van der Waals surface area contributed by atoms with E-state index in [1.807, 2.05) is 6.92 Å². The highest BCUT2D eigenvalue weighted by Gasteiger charge is 2.18. The zero-order chi connectivity index (χ0) is 25.4. The molecule has 0 aromatic heterocycles. The molecule has 1 N–H and O–H groups in total.